The summed E-state index contributed by atoms with van der Waals surface area (Å²) in [5.74, 6) is -0.216. The summed E-state index contributed by atoms with van der Waals surface area (Å²) in [6, 6.07) is 8.89. The fraction of sp³-hybridized carbons (Fsp3) is 0.278. The molecule has 126 valence electrons. The number of esters is 1. The SMILES string of the molecule is CC(=O)OC[C@@H]1CC12C1=CC=C2n2c(=O)n(-c3ccccc3)c(=O)n21. The summed E-state index contributed by atoms with van der Waals surface area (Å²) >= 11 is 0. The number of nitrogens with zero attached hydrogens (tertiary/aromatic N) is 3. The topological polar surface area (TPSA) is 75.2 Å². The predicted octanol–water partition coefficient (Wildman–Crippen LogP) is 1.08. The number of hydrogen-bond acceptors (Lipinski definition) is 4. The van der Waals surface area contributed by atoms with Crippen LogP contribution in [0, 0.1) is 11.3 Å². The van der Waals surface area contributed by atoms with E-state index in [1.54, 1.807) is 24.3 Å². The molecule has 3 aliphatic rings. The van der Waals surface area contributed by atoms with E-state index in [9.17, 15) is 14.4 Å². The maximum absolute atomic E-state index is 12.9. The average molecular weight is 337 g/mol. The number of fused-ring (bicyclic) bond motifs is 3. The number of rotatable bonds is 3. The van der Waals surface area contributed by atoms with E-state index >= 15 is 0 Å². The Labute approximate surface area is 142 Å². The van der Waals surface area contributed by atoms with Crippen LogP contribution in [0.25, 0.3) is 17.1 Å². The van der Waals surface area contributed by atoms with Gasteiger partial charge in [-0.15, -0.1) is 0 Å². The van der Waals surface area contributed by atoms with E-state index in [2.05, 4.69) is 0 Å². The monoisotopic (exact) mass is 337 g/mol. The van der Waals surface area contributed by atoms with Gasteiger partial charge in [-0.2, -0.15) is 9.36 Å². The van der Waals surface area contributed by atoms with Gasteiger partial charge in [0.25, 0.3) is 0 Å². The van der Waals surface area contributed by atoms with Crippen LogP contribution in [-0.4, -0.2) is 26.5 Å². The summed E-state index contributed by atoms with van der Waals surface area (Å²) in [5.41, 5.74) is 1.05. The van der Waals surface area contributed by atoms with Crippen LogP contribution in [0.3, 0.4) is 0 Å². The Morgan fingerprint density at radius 1 is 1.12 bits per heavy atom. The number of benzene rings is 1. The predicted molar refractivity (Wildman–Crippen MR) is 90.0 cm³/mol. The van der Waals surface area contributed by atoms with Crippen molar-refractivity contribution in [3.63, 3.8) is 0 Å². The molecule has 7 nitrogen and oxygen atoms in total. The van der Waals surface area contributed by atoms with Crippen molar-refractivity contribution in [2.75, 3.05) is 6.61 Å². The quantitative estimate of drug-likeness (QED) is 0.786. The second-order valence-corrected chi connectivity index (χ2v) is 6.64. The van der Waals surface area contributed by atoms with Crippen LogP contribution in [-0.2, 0) is 9.53 Å². The Balaban J connectivity index is 1.60. The minimum atomic E-state index is -0.372. The van der Waals surface area contributed by atoms with Crippen LogP contribution in [0.1, 0.15) is 13.3 Å². The first-order valence-corrected chi connectivity index (χ1v) is 8.15. The van der Waals surface area contributed by atoms with Gasteiger partial charge in [0, 0.05) is 12.8 Å². The van der Waals surface area contributed by atoms with Gasteiger partial charge in [-0.05, 0) is 30.7 Å². The molecule has 5 rings (SSSR count). The van der Waals surface area contributed by atoms with Crippen molar-refractivity contribution in [1.82, 2.24) is 13.9 Å². The lowest BCUT2D eigenvalue weighted by Crippen LogP contribution is -2.29. The van der Waals surface area contributed by atoms with Gasteiger partial charge in [0.2, 0.25) is 0 Å². The third kappa shape index (κ3) is 1.62. The number of carbonyl (C=O) groups is 1. The molecule has 1 atom stereocenters. The molecule has 25 heavy (non-hydrogen) atoms. The molecular formula is C18H15N3O4. The molecule has 7 heteroatoms. The first-order valence-electron chi connectivity index (χ1n) is 8.15. The maximum atomic E-state index is 12.9. The molecule has 0 unspecified atom stereocenters. The van der Waals surface area contributed by atoms with Crippen molar-refractivity contribution in [3.05, 3.63) is 63.5 Å². The van der Waals surface area contributed by atoms with Crippen molar-refractivity contribution in [3.8, 4) is 5.69 Å². The van der Waals surface area contributed by atoms with Crippen molar-refractivity contribution in [1.29, 1.82) is 0 Å². The normalized spacial score (nSPS) is 21.1. The van der Waals surface area contributed by atoms with Gasteiger partial charge in [0.05, 0.1) is 29.1 Å². The van der Waals surface area contributed by atoms with Gasteiger partial charge in [-0.1, -0.05) is 18.2 Å². The molecular weight excluding hydrogens is 322 g/mol. The van der Waals surface area contributed by atoms with Gasteiger partial charge >= 0.3 is 17.3 Å². The number of carbonyl (C=O) groups excluding carboxylic acids is 1. The van der Waals surface area contributed by atoms with Crippen LogP contribution in [0.15, 0.2) is 52.1 Å². The molecule has 2 aliphatic carbocycles. The summed E-state index contributed by atoms with van der Waals surface area (Å²) in [7, 11) is 0. The molecule has 0 amide bonds. The smallest absolute Gasteiger partial charge is 0.356 e. The molecule has 1 aliphatic heterocycles. The van der Waals surface area contributed by atoms with E-state index < -0.39 is 0 Å². The van der Waals surface area contributed by atoms with E-state index in [1.165, 1.54) is 20.9 Å². The highest BCUT2D eigenvalue weighted by atomic mass is 16.5. The summed E-state index contributed by atoms with van der Waals surface area (Å²) in [6.07, 6.45) is 4.55. The van der Waals surface area contributed by atoms with Gasteiger partial charge < -0.3 is 4.74 Å². The molecule has 2 bridgehead atoms. The third-order valence-corrected chi connectivity index (χ3v) is 5.32. The zero-order chi connectivity index (χ0) is 17.3. The Hall–Kier alpha value is -3.09. The minimum Gasteiger partial charge on any atom is -0.466 e. The number of hydrogen-bond donors (Lipinski definition) is 0. The van der Waals surface area contributed by atoms with Crippen LogP contribution >= 0.6 is 0 Å². The number of para-hydroxylation sites is 1. The Morgan fingerprint density at radius 3 is 2.28 bits per heavy atom. The van der Waals surface area contributed by atoms with Gasteiger partial charge in [-0.25, -0.2) is 14.2 Å². The molecule has 1 spiro atoms. The lowest BCUT2D eigenvalue weighted by atomic mass is 10.0. The van der Waals surface area contributed by atoms with E-state index in [0.29, 0.717) is 12.3 Å². The first-order chi connectivity index (χ1) is 12.1. The van der Waals surface area contributed by atoms with Crippen LogP contribution in [0.2, 0.25) is 0 Å². The lowest BCUT2D eigenvalue weighted by molar-refractivity contribution is -0.141. The van der Waals surface area contributed by atoms with Gasteiger partial charge in [-0.3, -0.25) is 4.79 Å². The zero-order valence-electron chi connectivity index (χ0n) is 13.5. The fourth-order valence-corrected chi connectivity index (χ4v) is 4.14. The number of allylic oxidation sites excluding steroid dienone is 4. The van der Waals surface area contributed by atoms with E-state index in [4.69, 9.17) is 4.74 Å². The van der Waals surface area contributed by atoms with Crippen LogP contribution < -0.4 is 11.4 Å². The number of ether oxygens (including phenoxy) is 1. The fourth-order valence-electron chi connectivity index (χ4n) is 4.14. The molecule has 2 heterocycles. The summed E-state index contributed by atoms with van der Waals surface area (Å²) in [5, 5.41) is 0. The minimum absolute atomic E-state index is 0.104. The van der Waals surface area contributed by atoms with Crippen molar-refractivity contribution < 1.29 is 9.53 Å². The molecule has 1 fully saturated rings. The van der Waals surface area contributed by atoms with Crippen LogP contribution in [0.5, 0.6) is 0 Å². The lowest BCUT2D eigenvalue weighted by Gasteiger charge is -2.09. The highest BCUT2D eigenvalue weighted by molar-refractivity contribution is 5.87. The maximum Gasteiger partial charge on any atom is 0.356 e. The van der Waals surface area contributed by atoms with Gasteiger partial charge in [0.15, 0.2) is 0 Å². The molecule has 0 N–H and O–H groups in total. The van der Waals surface area contributed by atoms with E-state index in [1.807, 2.05) is 18.2 Å². The molecule has 1 aromatic carbocycles. The Kier molecular flexibility index (Phi) is 2.57. The highest BCUT2D eigenvalue weighted by Crippen LogP contribution is 2.69. The first kappa shape index (κ1) is 14.3. The van der Waals surface area contributed by atoms with Crippen molar-refractivity contribution >= 4 is 17.4 Å². The van der Waals surface area contributed by atoms with E-state index in [-0.39, 0.29) is 28.7 Å². The van der Waals surface area contributed by atoms with Crippen molar-refractivity contribution in [2.24, 2.45) is 11.3 Å². The second kappa shape index (κ2) is 4.50. The standard InChI is InChI=1S/C18H15N3O4/c1-11(22)25-10-12-9-18(12)14-7-8-15(18)21-17(24)19(16(23)20(14)21)13-5-3-2-4-6-13/h2-8,12H,9-10H2,1H3/t12-/m0/s1. The van der Waals surface area contributed by atoms with Crippen LogP contribution in [0.4, 0.5) is 0 Å². The summed E-state index contributed by atoms with van der Waals surface area (Å²) in [6.45, 7) is 1.68. The second-order valence-electron chi connectivity index (χ2n) is 6.64. The molecule has 1 saturated carbocycles. The molecule has 2 aromatic rings. The molecule has 0 saturated heterocycles. The largest absolute Gasteiger partial charge is 0.466 e. The van der Waals surface area contributed by atoms with E-state index in [0.717, 1.165) is 17.8 Å². The Bertz CT molecular complexity index is 1050. The highest BCUT2D eigenvalue weighted by Gasteiger charge is 2.67. The average Bonchev–Trinajstić information content (AvgIpc) is 3.03. The summed E-state index contributed by atoms with van der Waals surface area (Å²) in [4.78, 5) is 36.9. The zero-order valence-corrected chi connectivity index (χ0v) is 13.5. The Morgan fingerprint density at radius 2 is 1.72 bits per heavy atom. The summed E-state index contributed by atoms with van der Waals surface area (Å²) < 4.78 is 9.23. The third-order valence-electron chi connectivity index (χ3n) is 5.32. The van der Waals surface area contributed by atoms with Gasteiger partial charge in [0.1, 0.15) is 0 Å². The molecule has 0 radical (unpaired) electrons. The number of aromatic nitrogens is 3. The van der Waals surface area contributed by atoms with Crippen molar-refractivity contribution in [2.45, 2.75) is 13.3 Å². The molecule has 1 aromatic heterocycles.